The van der Waals surface area contributed by atoms with Gasteiger partial charge in [-0.05, 0) is 55.0 Å². The van der Waals surface area contributed by atoms with Crippen molar-refractivity contribution in [3.63, 3.8) is 0 Å². The van der Waals surface area contributed by atoms with E-state index in [0.717, 1.165) is 17.7 Å². The molecule has 26 heavy (non-hydrogen) atoms. The van der Waals surface area contributed by atoms with Crippen LogP contribution in [-0.2, 0) is 9.84 Å². The van der Waals surface area contributed by atoms with E-state index in [2.05, 4.69) is 10.2 Å². The lowest BCUT2D eigenvalue weighted by atomic mass is 10.2. The van der Waals surface area contributed by atoms with Crippen LogP contribution in [0.25, 0.3) is 11.5 Å². The van der Waals surface area contributed by atoms with Crippen molar-refractivity contribution in [1.82, 2.24) is 10.2 Å². The topological polar surface area (TPSA) is 73.1 Å². The van der Waals surface area contributed by atoms with Crippen molar-refractivity contribution < 1.29 is 17.2 Å². The summed E-state index contributed by atoms with van der Waals surface area (Å²) in [5, 5.41) is 8.89. The number of nitrogens with zero attached hydrogens (tertiary/aromatic N) is 2. The van der Waals surface area contributed by atoms with E-state index in [4.69, 9.17) is 16.0 Å². The molecular weight excluding hydrogens is 399 g/mol. The third-order valence-electron chi connectivity index (χ3n) is 3.45. The molecular formula is C17H14ClFN2O3S2. The van der Waals surface area contributed by atoms with Gasteiger partial charge in [0.1, 0.15) is 5.82 Å². The molecule has 0 aliphatic carbocycles. The second-order valence-corrected chi connectivity index (χ2v) is 8.95. The molecule has 0 unspecified atom stereocenters. The quantitative estimate of drug-likeness (QED) is 0.323. The lowest BCUT2D eigenvalue weighted by molar-refractivity contribution is 0.466. The molecule has 0 aliphatic rings. The van der Waals surface area contributed by atoms with Crippen LogP contribution in [0.4, 0.5) is 4.39 Å². The van der Waals surface area contributed by atoms with E-state index in [1.165, 1.54) is 23.9 Å². The zero-order chi connectivity index (χ0) is 18.6. The summed E-state index contributed by atoms with van der Waals surface area (Å²) in [7, 11) is -3.43. The number of sulfone groups is 1. The minimum absolute atomic E-state index is 0.0379. The van der Waals surface area contributed by atoms with Crippen LogP contribution in [0.2, 0.25) is 5.02 Å². The van der Waals surface area contributed by atoms with Gasteiger partial charge in [0.25, 0.3) is 5.22 Å². The SMILES string of the molecule is O=S(=O)(CCCSc1nnc(-c2ccc(Cl)cc2)o1)c1ccc(F)cc1. The standard InChI is InChI=1S/C17H14ClFN2O3S2/c18-13-4-2-12(3-5-13)16-20-21-17(24-16)25-10-1-11-26(22,23)15-8-6-14(19)7-9-15/h2-9H,1,10-11H2. The molecule has 3 aromatic rings. The third-order valence-corrected chi connectivity index (χ3v) is 6.43. The van der Waals surface area contributed by atoms with Gasteiger partial charge in [0, 0.05) is 16.3 Å². The first-order valence-corrected chi connectivity index (χ1v) is 10.7. The number of hydrogen-bond acceptors (Lipinski definition) is 6. The Balaban J connectivity index is 1.52. The van der Waals surface area contributed by atoms with Gasteiger partial charge in [0.15, 0.2) is 9.84 Å². The highest BCUT2D eigenvalue weighted by atomic mass is 35.5. The first-order valence-electron chi connectivity index (χ1n) is 7.65. The zero-order valence-corrected chi connectivity index (χ0v) is 15.8. The van der Waals surface area contributed by atoms with Gasteiger partial charge in [-0.25, -0.2) is 12.8 Å². The summed E-state index contributed by atoms with van der Waals surface area (Å²) in [6.45, 7) is 0. The molecule has 3 rings (SSSR count). The van der Waals surface area contributed by atoms with Gasteiger partial charge in [0.05, 0.1) is 10.6 Å². The molecule has 0 N–H and O–H groups in total. The molecule has 0 fully saturated rings. The van der Waals surface area contributed by atoms with Gasteiger partial charge in [-0.2, -0.15) is 0 Å². The molecule has 5 nitrogen and oxygen atoms in total. The van der Waals surface area contributed by atoms with Crippen molar-refractivity contribution in [1.29, 1.82) is 0 Å². The Bertz CT molecular complexity index is 974. The van der Waals surface area contributed by atoms with Gasteiger partial charge >= 0.3 is 0 Å². The van der Waals surface area contributed by atoms with Crippen LogP contribution in [0.3, 0.4) is 0 Å². The summed E-state index contributed by atoms with van der Waals surface area (Å²) in [6, 6.07) is 11.8. The molecule has 136 valence electrons. The first-order chi connectivity index (χ1) is 12.4. The molecule has 2 aromatic carbocycles. The van der Waals surface area contributed by atoms with E-state index in [1.807, 2.05) is 0 Å². The van der Waals surface area contributed by atoms with Gasteiger partial charge in [-0.1, -0.05) is 23.4 Å². The van der Waals surface area contributed by atoms with Crippen molar-refractivity contribution in [2.45, 2.75) is 16.5 Å². The minimum atomic E-state index is -3.43. The van der Waals surface area contributed by atoms with Crippen LogP contribution in [0.5, 0.6) is 0 Å². The Morgan fingerprint density at radius 1 is 1.04 bits per heavy atom. The minimum Gasteiger partial charge on any atom is -0.411 e. The fourth-order valence-corrected chi connectivity index (χ4v) is 4.46. The molecule has 1 aromatic heterocycles. The van der Waals surface area contributed by atoms with Crippen molar-refractivity contribution in [3.8, 4) is 11.5 Å². The summed E-state index contributed by atoms with van der Waals surface area (Å²) >= 11 is 7.13. The lowest BCUT2D eigenvalue weighted by Gasteiger charge is -2.03. The summed E-state index contributed by atoms with van der Waals surface area (Å²) in [6.07, 6.45) is 0.406. The summed E-state index contributed by atoms with van der Waals surface area (Å²) < 4.78 is 42.8. The number of rotatable bonds is 7. The average Bonchev–Trinajstić information content (AvgIpc) is 3.09. The maximum atomic E-state index is 12.9. The third kappa shape index (κ3) is 4.84. The van der Waals surface area contributed by atoms with Gasteiger partial charge in [0.2, 0.25) is 5.89 Å². The zero-order valence-electron chi connectivity index (χ0n) is 13.4. The van der Waals surface area contributed by atoms with Crippen molar-refractivity contribution in [2.75, 3.05) is 11.5 Å². The molecule has 9 heteroatoms. The highest BCUT2D eigenvalue weighted by molar-refractivity contribution is 7.99. The van der Waals surface area contributed by atoms with Crippen LogP contribution in [0.1, 0.15) is 6.42 Å². The predicted molar refractivity (Wildman–Crippen MR) is 98.5 cm³/mol. The molecule has 0 atom stereocenters. The van der Waals surface area contributed by atoms with Gasteiger partial charge in [-0.15, -0.1) is 10.2 Å². The average molecular weight is 413 g/mol. The lowest BCUT2D eigenvalue weighted by Crippen LogP contribution is -2.07. The Labute approximate surface area is 159 Å². The van der Waals surface area contributed by atoms with Crippen LogP contribution >= 0.6 is 23.4 Å². The summed E-state index contributed by atoms with van der Waals surface area (Å²) in [5.41, 5.74) is 0.757. The van der Waals surface area contributed by atoms with Crippen LogP contribution in [0.15, 0.2) is 63.1 Å². The van der Waals surface area contributed by atoms with E-state index in [0.29, 0.717) is 28.3 Å². The maximum absolute atomic E-state index is 12.9. The number of aromatic nitrogens is 2. The van der Waals surface area contributed by atoms with E-state index in [1.54, 1.807) is 24.3 Å². The van der Waals surface area contributed by atoms with Crippen LogP contribution in [-0.4, -0.2) is 30.1 Å². The van der Waals surface area contributed by atoms with Crippen molar-refractivity contribution >= 4 is 33.2 Å². The van der Waals surface area contributed by atoms with E-state index < -0.39 is 15.7 Å². The fraction of sp³-hybridized carbons (Fsp3) is 0.176. The van der Waals surface area contributed by atoms with Crippen molar-refractivity contribution in [2.24, 2.45) is 0 Å². The Morgan fingerprint density at radius 3 is 2.42 bits per heavy atom. The summed E-state index contributed by atoms with van der Waals surface area (Å²) in [4.78, 5) is 0.117. The van der Waals surface area contributed by atoms with Crippen molar-refractivity contribution in [3.05, 3.63) is 59.4 Å². The highest BCUT2D eigenvalue weighted by Crippen LogP contribution is 2.25. The predicted octanol–water partition coefficient (Wildman–Crippen LogP) is 4.49. The number of thioether (sulfide) groups is 1. The Morgan fingerprint density at radius 2 is 1.73 bits per heavy atom. The monoisotopic (exact) mass is 412 g/mol. The molecule has 0 saturated carbocycles. The smallest absolute Gasteiger partial charge is 0.276 e. The second-order valence-electron chi connectivity index (χ2n) is 5.35. The van der Waals surface area contributed by atoms with Crippen LogP contribution < -0.4 is 0 Å². The number of halogens is 2. The second kappa shape index (κ2) is 8.20. The molecule has 0 radical (unpaired) electrons. The van der Waals surface area contributed by atoms with E-state index >= 15 is 0 Å². The first kappa shape index (κ1) is 18.9. The normalized spacial score (nSPS) is 11.6. The molecule has 0 bridgehead atoms. The van der Waals surface area contributed by atoms with Crippen LogP contribution in [0, 0.1) is 5.82 Å². The van der Waals surface area contributed by atoms with E-state index in [-0.39, 0.29) is 10.6 Å². The van der Waals surface area contributed by atoms with Gasteiger partial charge in [-0.3, -0.25) is 0 Å². The Hall–Kier alpha value is -1.90. The Kier molecular flexibility index (Phi) is 5.95. The molecule has 1 heterocycles. The van der Waals surface area contributed by atoms with E-state index in [9.17, 15) is 12.8 Å². The fourth-order valence-electron chi connectivity index (χ4n) is 2.15. The molecule has 0 spiro atoms. The van der Waals surface area contributed by atoms with Gasteiger partial charge < -0.3 is 4.42 Å². The number of hydrogen-bond donors (Lipinski definition) is 0. The molecule has 0 amide bonds. The largest absolute Gasteiger partial charge is 0.411 e. The molecule has 0 saturated heterocycles. The maximum Gasteiger partial charge on any atom is 0.276 e. The molecule has 0 aliphatic heterocycles. The number of benzene rings is 2. The highest BCUT2D eigenvalue weighted by Gasteiger charge is 2.15. The summed E-state index contributed by atoms with van der Waals surface area (Å²) in [5.74, 6) is 0.377.